The summed E-state index contributed by atoms with van der Waals surface area (Å²) in [6, 6.07) is 7.00. The second kappa shape index (κ2) is 7.85. The molecule has 0 unspecified atom stereocenters. The summed E-state index contributed by atoms with van der Waals surface area (Å²) < 4.78 is 36.2. The number of carbonyl (C=O) groups is 2. The lowest BCUT2D eigenvalue weighted by molar-refractivity contribution is -0.148. The second-order valence-electron chi connectivity index (χ2n) is 6.64. The molecule has 0 aliphatic carbocycles. The van der Waals surface area contributed by atoms with Crippen molar-refractivity contribution in [2.75, 3.05) is 37.4 Å². The first kappa shape index (κ1) is 19.6. The maximum atomic E-state index is 13.2. The predicted octanol–water partition coefficient (Wildman–Crippen LogP) is 1.02. The monoisotopic (exact) mass is 396 g/mol. The van der Waals surface area contributed by atoms with E-state index >= 15 is 0 Å². The summed E-state index contributed by atoms with van der Waals surface area (Å²) in [4.78, 5) is 26.7. The molecule has 8 nitrogen and oxygen atoms in total. The van der Waals surface area contributed by atoms with E-state index in [1.165, 1.54) is 16.3 Å². The number of para-hydroxylation sites is 2. The van der Waals surface area contributed by atoms with Gasteiger partial charge in [-0.3, -0.25) is 4.79 Å². The Balaban J connectivity index is 1.85. The number of methoxy groups -OCH3 is 1. The number of hydrogen-bond donors (Lipinski definition) is 0. The number of hydrogen-bond acceptors (Lipinski definition) is 6. The molecule has 3 rings (SSSR count). The van der Waals surface area contributed by atoms with E-state index in [0.29, 0.717) is 30.8 Å². The van der Waals surface area contributed by atoms with E-state index in [4.69, 9.17) is 9.47 Å². The van der Waals surface area contributed by atoms with E-state index in [9.17, 15) is 18.0 Å². The summed E-state index contributed by atoms with van der Waals surface area (Å²) in [6.07, 6.45) is 0.326. The van der Waals surface area contributed by atoms with Gasteiger partial charge in [-0.15, -0.1) is 0 Å². The van der Waals surface area contributed by atoms with Gasteiger partial charge >= 0.3 is 5.97 Å². The van der Waals surface area contributed by atoms with Crippen LogP contribution in [0.1, 0.15) is 19.8 Å². The number of ether oxygens (including phenoxy) is 2. The lowest BCUT2D eigenvalue weighted by atomic mass is 9.97. The van der Waals surface area contributed by atoms with Crippen LogP contribution in [0.25, 0.3) is 0 Å². The van der Waals surface area contributed by atoms with Crippen molar-refractivity contribution in [3.63, 3.8) is 0 Å². The summed E-state index contributed by atoms with van der Waals surface area (Å²) in [7, 11) is -2.07. The van der Waals surface area contributed by atoms with Crippen LogP contribution < -0.4 is 9.64 Å². The highest BCUT2D eigenvalue weighted by molar-refractivity contribution is 7.89. The summed E-state index contributed by atoms with van der Waals surface area (Å²) in [5.41, 5.74) is 0.582. The second-order valence-corrected chi connectivity index (χ2v) is 8.90. The molecule has 1 amide bonds. The lowest BCUT2D eigenvalue weighted by Gasteiger charge is -2.38. The zero-order chi connectivity index (χ0) is 19.6. The molecular weight excluding hydrogens is 372 g/mol. The van der Waals surface area contributed by atoms with Gasteiger partial charge in [-0.05, 0) is 31.9 Å². The Bertz CT molecular complexity index is 825. The average molecular weight is 396 g/mol. The van der Waals surface area contributed by atoms with Crippen molar-refractivity contribution >= 4 is 27.6 Å². The van der Waals surface area contributed by atoms with Gasteiger partial charge in [0, 0.05) is 13.1 Å². The third kappa shape index (κ3) is 3.93. The molecular formula is C18H24N2O6S. The Hall–Kier alpha value is -2.13. The molecule has 0 saturated carbocycles. The largest absolute Gasteiger partial charge is 0.475 e. The van der Waals surface area contributed by atoms with Gasteiger partial charge in [-0.1, -0.05) is 12.1 Å². The zero-order valence-electron chi connectivity index (χ0n) is 15.5. The van der Waals surface area contributed by atoms with Crippen molar-refractivity contribution in [1.82, 2.24) is 4.31 Å². The fourth-order valence-corrected chi connectivity index (χ4v) is 4.68. The van der Waals surface area contributed by atoms with E-state index in [1.807, 2.05) is 0 Å². The Morgan fingerprint density at radius 3 is 2.70 bits per heavy atom. The molecule has 2 atom stereocenters. The number of carbonyl (C=O) groups excluding carboxylic acids is 2. The number of fused-ring (bicyclic) bond motifs is 1. The highest BCUT2D eigenvalue weighted by Gasteiger charge is 2.39. The van der Waals surface area contributed by atoms with Gasteiger partial charge in [0.05, 0.1) is 31.0 Å². The number of esters is 1. The van der Waals surface area contributed by atoms with Gasteiger partial charge in [0.2, 0.25) is 22.0 Å². The van der Waals surface area contributed by atoms with E-state index in [1.54, 1.807) is 31.2 Å². The summed E-state index contributed by atoms with van der Waals surface area (Å²) in [5, 5.41) is 0. The first-order chi connectivity index (χ1) is 12.9. The molecule has 0 aromatic heterocycles. The fourth-order valence-electron chi connectivity index (χ4n) is 3.50. The number of sulfonamides is 1. The third-order valence-corrected chi connectivity index (χ3v) is 6.84. The van der Waals surface area contributed by atoms with Crippen LogP contribution in [-0.2, 0) is 24.3 Å². The van der Waals surface area contributed by atoms with Crippen molar-refractivity contribution < 1.29 is 27.5 Å². The van der Waals surface area contributed by atoms with Gasteiger partial charge in [0.25, 0.3) is 0 Å². The topological polar surface area (TPSA) is 93.2 Å². The summed E-state index contributed by atoms with van der Waals surface area (Å²) in [5.74, 6) is -0.763. The number of benzene rings is 1. The number of nitrogens with zero attached hydrogens (tertiary/aromatic N) is 2. The molecule has 0 spiro atoms. The van der Waals surface area contributed by atoms with Crippen LogP contribution in [0.5, 0.6) is 5.75 Å². The van der Waals surface area contributed by atoms with Crippen molar-refractivity contribution in [2.24, 2.45) is 5.92 Å². The number of rotatable bonds is 4. The van der Waals surface area contributed by atoms with Crippen molar-refractivity contribution in [2.45, 2.75) is 25.9 Å². The number of piperidine rings is 1. The normalized spacial score (nSPS) is 23.3. The first-order valence-electron chi connectivity index (χ1n) is 9.00. The fraction of sp³-hybridized carbons (Fsp3) is 0.556. The van der Waals surface area contributed by atoms with Gasteiger partial charge in [-0.25, -0.2) is 17.5 Å². The molecule has 2 aliphatic heterocycles. The van der Waals surface area contributed by atoms with E-state index in [0.717, 1.165) is 0 Å². The number of amides is 1. The molecule has 1 aromatic carbocycles. The molecule has 0 bridgehead atoms. The quantitative estimate of drug-likeness (QED) is 0.706. The van der Waals surface area contributed by atoms with Crippen molar-refractivity contribution in [3.05, 3.63) is 24.3 Å². The number of anilines is 1. The van der Waals surface area contributed by atoms with Crippen molar-refractivity contribution in [1.29, 1.82) is 0 Å². The standard InChI is InChI=1S/C18H24N2O6S/c1-3-27(23,24)19-10-6-7-13(11-19)17(21)20-12-16(18(22)25-2)26-15-9-5-4-8-14(15)20/h4-5,8-9,13,16H,3,6-7,10-12H2,1-2H3/t13-,16-/m1/s1. The first-order valence-corrected chi connectivity index (χ1v) is 10.6. The van der Waals surface area contributed by atoms with Crippen LogP contribution in [-0.4, -0.2) is 63.2 Å². The predicted molar refractivity (Wildman–Crippen MR) is 99.0 cm³/mol. The van der Waals surface area contributed by atoms with Gasteiger partial charge in [0.1, 0.15) is 5.75 Å². The van der Waals surface area contributed by atoms with Crippen LogP contribution in [0.4, 0.5) is 5.69 Å². The summed E-state index contributed by atoms with van der Waals surface area (Å²) in [6.45, 7) is 2.24. The van der Waals surface area contributed by atoms with Crippen LogP contribution in [0, 0.1) is 5.92 Å². The summed E-state index contributed by atoms with van der Waals surface area (Å²) >= 11 is 0. The SMILES string of the molecule is CCS(=O)(=O)N1CCC[C@@H](C(=O)N2C[C@H](C(=O)OC)Oc3ccccc32)C1. The molecule has 2 aliphatic rings. The minimum absolute atomic E-state index is 0.0126. The third-order valence-electron chi connectivity index (χ3n) is 5.00. The highest BCUT2D eigenvalue weighted by Crippen LogP contribution is 2.35. The van der Waals surface area contributed by atoms with Crippen LogP contribution >= 0.6 is 0 Å². The van der Waals surface area contributed by atoms with E-state index < -0.39 is 28.0 Å². The molecule has 0 radical (unpaired) electrons. The van der Waals surface area contributed by atoms with Crippen LogP contribution in [0.3, 0.4) is 0 Å². The Labute approximate surface area is 159 Å². The van der Waals surface area contributed by atoms with Gasteiger partial charge in [0.15, 0.2) is 0 Å². The molecule has 0 N–H and O–H groups in total. The van der Waals surface area contributed by atoms with Crippen molar-refractivity contribution in [3.8, 4) is 5.75 Å². The molecule has 2 heterocycles. The minimum atomic E-state index is -3.34. The van der Waals surface area contributed by atoms with Crippen LogP contribution in [0.2, 0.25) is 0 Å². The Kier molecular flexibility index (Phi) is 5.71. The van der Waals surface area contributed by atoms with Crippen LogP contribution in [0.15, 0.2) is 24.3 Å². The van der Waals surface area contributed by atoms with E-state index in [-0.39, 0.29) is 24.7 Å². The van der Waals surface area contributed by atoms with Gasteiger partial charge < -0.3 is 14.4 Å². The Morgan fingerprint density at radius 2 is 2.00 bits per heavy atom. The molecule has 148 valence electrons. The zero-order valence-corrected chi connectivity index (χ0v) is 16.3. The molecule has 1 aromatic rings. The Morgan fingerprint density at radius 1 is 1.26 bits per heavy atom. The highest BCUT2D eigenvalue weighted by atomic mass is 32.2. The average Bonchev–Trinajstić information content (AvgIpc) is 2.71. The smallest absolute Gasteiger partial charge is 0.348 e. The van der Waals surface area contributed by atoms with Gasteiger partial charge in [-0.2, -0.15) is 0 Å². The maximum Gasteiger partial charge on any atom is 0.348 e. The minimum Gasteiger partial charge on any atom is -0.475 e. The maximum absolute atomic E-state index is 13.2. The lowest BCUT2D eigenvalue weighted by Crippen LogP contribution is -2.52. The molecule has 9 heteroatoms. The van der Waals surface area contributed by atoms with E-state index in [2.05, 4.69) is 0 Å². The molecule has 1 saturated heterocycles. The molecule has 27 heavy (non-hydrogen) atoms. The molecule has 1 fully saturated rings.